The van der Waals surface area contributed by atoms with Gasteiger partial charge in [0.25, 0.3) is 5.91 Å². The highest BCUT2D eigenvalue weighted by atomic mass is 32.1. The fraction of sp³-hybridized carbons (Fsp3) is 0.429. The highest BCUT2D eigenvalue weighted by molar-refractivity contribution is 7.13. The average molecular weight is 633 g/mol. The van der Waals surface area contributed by atoms with Crippen LogP contribution in [-0.2, 0) is 20.7 Å². The number of allylic oxidation sites excluding steroid dienone is 1. The van der Waals surface area contributed by atoms with E-state index < -0.39 is 23.3 Å². The molecule has 1 heterocycles. The zero-order valence-corrected chi connectivity index (χ0v) is 28.1. The molecule has 0 saturated heterocycles. The number of rotatable bonds is 8. The van der Waals surface area contributed by atoms with Crippen LogP contribution in [0.4, 0.5) is 26.1 Å². The minimum atomic E-state index is -0.607. The number of benzene rings is 2. The molecule has 3 amide bonds. The SMILES string of the molecule is Cc1ccc(C2=C(C(=O)Nc3ccc(N(C(=O)OCCc4csc(NC(=O)OC(C)(C)C)n4)C(C)(C)C)cc3)CCCC2)cc1. The predicted octanol–water partition coefficient (Wildman–Crippen LogP) is 8.75. The fourth-order valence-corrected chi connectivity index (χ4v) is 5.80. The number of hydrogen-bond acceptors (Lipinski definition) is 7. The number of anilines is 3. The van der Waals surface area contributed by atoms with Crippen molar-refractivity contribution < 1.29 is 23.9 Å². The van der Waals surface area contributed by atoms with Gasteiger partial charge in [-0.15, -0.1) is 11.3 Å². The van der Waals surface area contributed by atoms with Crippen molar-refractivity contribution in [3.8, 4) is 0 Å². The van der Waals surface area contributed by atoms with E-state index in [9.17, 15) is 14.4 Å². The van der Waals surface area contributed by atoms with Gasteiger partial charge in [-0.1, -0.05) is 29.8 Å². The lowest BCUT2D eigenvalue weighted by molar-refractivity contribution is -0.113. The molecule has 3 aromatic rings. The van der Waals surface area contributed by atoms with E-state index in [1.54, 1.807) is 25.7 Å². The minimum Gasteiger partial charge on any atom is -0.449 e. The van der Waals surface area contributed by atoms with Gasteiger partial charge in [-0.3, -0.25) is 15.0 Å². The number of nitrogens with zero attached hydrogens (tertiary/aromatic N) is 2. The standard InChI is InChI=1S/C35H44N4O5S/c1-23-12-14-24(15-13-23)28-10-8-9-11-29(28)30(40)36-25-16-18-27(19-17-25)39(34(2,3)4)33(42)43-21-20-26-22-45-31(37-26)38-32(41)44-35(5,6)7/h12-19,22H,8-11,20-21H2,1-7H3,(H,36,40)(H,37,38,41). The largest absolute Gasteiger partial charge is 0.449 e. The average Bonchev–Trinajstić information content (AvgIpc) is 3.39. The Morgan fingerprint density at radius 1 is 0.911 bits per heavy atom. The first-order valence-electron chi connectivity index (χ1n) is 15.3. The third-order valence-corrected chi connectivity index (χ3v) is 7.93. The highest BCUT2D eigenvalue weighted by Crippen LogP contribution is 2.34. The summed E-state index contributed by atoms with van der Waals surface area (Å²) in [5.41, 5.74) is 5.08. The van der Waals surface area contributed by atoms with Gasteiger partial charge in [-0.2, -0.15) is 0 Å². The molecule has 0 saturated carbocycles. The second-order valence-electron chi connectivity index (χ2n) is 13.2. The summed E-state index contributed by atoms with van der Waals surface area (Å²) in [7, 11) is 0. The Hall–Kier alpha value is -4.18. The van der Waals surface area contributed by atoms with Gasteiger partial charge in [0.2, 0.25) is 0 Å². The Morgan fingerprint density at radius 3 is 2.22 bits per heavy atom. The van der Waals surface area contributed by atoms with Gasteiger partial charge in [0, 0.05) is 34.3 Å². The van der Waals surface area contributed by atoms with Crippen LogP contribution in [0.1, 0.15) is 84.0 Å². The number of aryl methyl sites for hydroxylation is 1. The predicted molar refractivity (Wildman–Crippen MR) is 181 cm³/mol. The van der Waals surface area contributed by atoms with Crippen LogP contribution in [0.15, 0.2) is 59.5 Å². The molecule has 2 aromatic carbocycles. The summed E-state index contributed by atoms with van der Waals surface area (Å²) in [6.07, 6.45) is 3.03. The zero-order chi connectivity index (χ0) is 32.8. The molecule has 0 aliphatic heterocycles. The molecule has 1 aliphatic rings. The summed E-state index contributed by atoms with van der Waals surface area (Å²) in [6, 6.07) is 15.6. The second-order valence-corrected chi connectivity index (χ2v) is 14.0. The summed E-state index contributed by atoms with van der Waals surface area (Å²) in [6.45, 7) is 13.3. The van der Waals surface area contributed by atoms with Crippen molar-refractivity contribution in [1.29, 1.82) is 0 Å². The van der Waals surface area contributed by atoms with E-state index in [0.29, 0.717) is 28.6 Å². The van der Waals surface area contributed by atoms with E-state index in [1.807, 2.05) is 50.4 Å². The first-order valence-corrected chi connectivity index (χ1v) is 16.2. The zero-order valence-electron chi connectivity index (χ0n) is 27.3. The number of amides is 3. The van der Waals surface area contributed by atoms with Gasteiger partial charge < -0.3 is 14.8 Å². The van der Waals surface area contributed by atoms with Crippen LogP contribution in [0.3, 0.4) is 0 Å². The molecular formula is C35H44N4O5S. The summed E-state index contributed by atoms with van der Waals surface area (Å²) in [5, 5.41) is 7.91. The Balaban J connectivity index is 1.37. The molecule has 45 heavy (non-hydrogen) atoms. The molecule has 4 rings (SSSR count). The number of thiazole rings is 1. The summed E-state index contributed by atoms with van der Waals surface area (Å²) < 4.78 is 10.9. The summed E-state index contributed by atoms with van der Waals surface area (Å²) >= 11 is 1.28. The van der Waals surface area contributed by atoms with E-state index in [-0.39, 0.29) is 12.5 Å². The first-order chi connectivity index (χ1) is 21.2. The third-order valence-electron chi connectivity index (χ3n) is 7.12. The Bertz CT molecular complexity index is 1530. The molecule has 240 valence electrons. The van der Waals surface area contributed by atoms with Gasteiger partial charge in [0.15, 0.2) is 5.13 Å². The number of hydrogen-bond donors (Lipinski definition) is 2. The van der Waals surface area contributed by atoms with Crippen molar-refractivity contribution in [3.63, 3.8) is 0 Å². The molecule has 0 bridgehead atoms. The van der Waals surface area contributed by atoms with Gasteiger partial charge >= 0.3 is 12.2 Å². The van der Waals surface area contributed by atoms with Crippen molar-refractivity contribution in [2.24, 2.45) is 0 Å². The number of aromatic nitrogens is 1. The van der Waals surface area contributed by atoms with E-state index >= 15 is 0 Å². The molecule has 0 radical (unpaired) electrons. The van der Waals surface area contributed by atoms with Crippen LogP contribution in [0, 0.1) is 6.92 Å². The van der Waals surface area contributed by atoms with E-state index in [4.69, 9.17) is 9.47 Å². The van der Waals surface area contributed by atoms with Crippen LogP contribution in [-0.4, -0.2) is 40.8 Å². The van der Waals surface area contributed by atoms with Crippen molar-refractivity contribution in [3.05, 3.63) is 76.3 Å². The highest BCUT2D eigenvalue weighted by Gasteiger charge is 2.30. The fourth-order valence-electron chi connectivity index (χ4n) is 5.07. The monoisotopic (exact) mass is 632 g/mol. The molecule has 1 aromatic heterocycles. The van der Waals surface area contributed by atoms with Crippen LogP contribution < -0.4 is 15.5 Å². The summed E-state index contributed by atoms with van der Waals surface area (Å²) in [4.78, 5) is 44.6. The quantitative estimate of drug-likeness (QED) is 0.257. The lowest BCUT2D eigenvalue weighted by atomic mass is 9.86. The topological polar surface area (TPSA) is 110 Å². The maximum Gasteiger partial charge on any atom is 0.414 e. The maximum absolute atomic E-state index is 13.4. The molecule has 0 atom stereocenters. The molecular weight excluding hydrogens is 588 g/mol. The molecule has 0 fully saturated rings. The minimum absolute atomic E-state index is 0.0865. The summed E-state index contributed by atoms with van der Waals surface area (Å²) in [5.74, 6) is -0.0865. The lowest BCUT2D eigenvalue weighted by Crippen LogP contribution is -2.46. The van der Waals surface area contributed by atoms with Crippen LogP contribution >= 0.6 is 11.3 Å². The molecule has 9 nitrogen and oxygen atoms in total. The Morgan fingerprint density at radius 2 is 1.58 bits per heavy atom. The van der Waals surface area contributed by atoms with Gasteiger partial charge in [-0.25, -0.2) is 14.6 Å². The van der Waals surface area contributed by atoms with Crippen LogP contribution in [0.2, 0.25) is 0 Å². The molecule has 0 spiro atoms. The van der Waals surface area contributed by atoms with Crippen molar-refractivity contribution >= 4 is 51.5 Å². The first kappa shape index (κ1) is 33.7. The number of nitrogens with one attached hydrogen (secondary N) is 2. The van der Waals surface area contributed by atoms with Gasteiger partial charge in [0.1, 0.15) is 5.60 Å². The van der Waals surface area contributed by atoms with E-state index in [2.05, 4.69) is 46.8 Å². The Kier molecular flexibility index (Phi) is 10.7. The number of carbonyl (C=O) groups is 3. The van der Waals surface area contributed by atoms with Gasteiger partial charge in [-0.05, 0) is 110 Å². The van der Waals surface area contributed by atoms with Crippen LogP contribution in [0.5, 0.6) is 0 Å². The van der Waals surface area contributed by atoms with Gasteiger partial charge in [0.05, 0.1) is 12.3 Å². The smallest absolute Gasteiger partial charge is 0.414 e. The Labute approximate surface area is 270 Å². The second kappa shape index (κ2) is 14.3. The van der Waals surface area contributed by atoms with E-state index in [0.717, 1.165) is 42.4 Å². The van der Waals surface area contributed by atoms with Crippen molar-refractivity contribution in [2.75, 3.05) is 22.1 Å². The van der Waals surface area contributed by atoms with E-state index in [1.165, 1.54) is 16.9 Å². The lowest BCUT2D eigenvalue weighted by Gasteiger charge is -2.34. The molecule has 10 heteroatoms. The van der Waals surface area contributed by atoms with Crippen molar-refractivity contribution in [1.82, 2.24) is 4.98 Å². The third kappa shape index (κ3) is 9.65. The van der Waals surface area contributed by atoms with Crippen LogP contribution in [0.25, 0.3) is 5.57 Å². The number of carbonyl (C=O) groups excluding carboxylic acids is 3. The molecule has 2 N–H and O–H groups in total. The normalized spacial score (nSPS) is 13.7. The maximum atomic E-state index is 13.4. The number of ether oxygens (including phenoxy) is 2. The molecule has 1 aliphatic carbocycles. The van der Waals surface area contributed by atoms with Crippen molar-refractivity contribution in [2.45, 2.75) is 91.7 Å². The molecule has 0 unspecified atom stereocenters.